The quantitative estimate of drug-likeness (QED) is 0.270. The maximum Gasteiger partial charge on any atom is 0.266 e. The highest BCUT2D eigenvalue weighted by atomic mass is 35.5. The molecular weight excluding hydrogens is 514 g/mol. The monoisotopic (exact) mass is 543 g/mol. The van der Waals surface area contributed by atoms with E-state index in [9.17, 15) is 9.59 Å². The fourth-order valence-electron chi connectivity index (χ4n) is 5.44. The maximum absolute atomic E-state index is 14.1. The van der Waals surface area contributed by atoms with Gasteiger partial charge in [-0.15, -0.1) is 11.3 Å². The van der Waals surface area contributed by atoms with Gasteiger partial charge in [-0.1, -0.05) is 48.0 Å². The van der Waals surface area contributed by atoms with Crippen molar-refractivity contribution in [1.82, 2.24) is 15.2 Å². The van der Waals surface area contributed by atoms with Crippen LogP contribution in [0.15, 0.2) is 73.1 Å². The highest BCUT2D eigenvalue weighted by molar-refractivity contribution is 7.21. The van der Waals surface area contributed by atoms with Crippen molar-refractivity contribution in [3.8, 4) is 11.1 Å². The van der Waals surface area contributed by atoms with E-state index in [1.807, 2.05) is 47.4 Å². The molecule has 2 aromatic carbocycles. The van der Waals surface area contributed by atoms with Gasteiger partial charge >= 0.3 is 0 Å². The second-order valence-corrected chi connectivity index (χ2v) is 11.8. The van der Waals surface area contributed by atoms with Crippen molar-refractivity contribution in [1.29, 1.82) is 0 Å². The van der Waals surface area contributed by atoms with Crippen LogP contribution in [-0.2, 0) is 11.3 Å². The summed E-state index contributed by atoms with van der Waals surface area (Å²) < 4.78 is 1.02. The molecule has 2 aliphatic carbocycles. The lowest BCUT2D eigenvalue weighted by atomic mass is 9.89. The number of hydrogen-bond donors (Lipinski definition) is 1. The molecule has 2 saturated carbocycles. The van der Waals surface area contributed by atoms with Crippen molar-refractivity contribution in [3.05, 3.63) is 88.5 Å². The van der Waals surface area contributed by atoms with Crippen molar-refractivity contribution in [2.45, 2.75) is 57.2 Å². The van der Waals surface area contributed by atoms with Crippen LogP contribution in [0.5, 0.6) is 0 Å². The minimum Gasteiger partial charge on any atom is -0.353 e. The molecule has 7 heteroatoms. The Balaban J connectivity index is 1.26. The number of pyridine rings is 1. The number of nitrogens with one attached hydrogen (secondary N) is 1. The highest BCUT2D eigenvalue weighted by Crippen LogP contribution is 2.38. The summed E-state index contributed by atoms with van der Waals surface area (Å²) in [4.78, 5) is 33.2. The first-order valence-corrected chi connectivity index (χ1v) is 14.5. The molecule has 0 bridgehead atoms. The van der Waals surface area contributed by atoms with Crippen LogP contribution in [0.25, 0.3) is 21.2 Å². The van der Waals surface area contributed by atoms with Crippen LogP contribution in [0.3, 0.4) is 0 Å². The standard InChI is InChI=1S/C31H30ClN3O2S/c32-28-26-6-1-2-7-27(26)38-29(28)31(37)35(25-12-10-24(11-13-25)34-30(36)22-8-9-22)19-20-4-3-5-23(18-20)21-14-16-33-17-15-21/h1-7,14-18,22,24-25H,8-13,19H2,(H,34,36). The smallest absolute Gasteiger partial charge is 0.266 e. The van der Waals surface area contributed by atoms with Gasteiger partial charge in [-0.25, -0.2) is 0 Å². The Hall–Kier alpha value is -3.22. The normalized spacial score (nSPS) is 19.3. The number of aromatic nitrogens is 1. The van der Waals surface area contributed by atoms with E-state index in [0.717, 1.165) is 65.3 Å². The molecule has 4 aromatic rings. The Morgan fingerprint density at radius 3 is 2.42 bits per heavy atom. The van der Waals surface area contributed by atoms with Gasteiger partial charge in [-0.2, -0.15) is 0 Å². The van der Waals surface area contributed by atoms with Crippen molar-refractivity contribution in [3.63, 3.8) is 0 Å². The number of benzene rings is 2. The Morgan fingerprint density at radius 1 is 0.921 bits per heavy atom. The van der Waals surface area contributed by atoms with Crippen molar-refractivity contribution >= 4 is 44.8 Å². The number of hydrogen-bond acceptors (Lipinski definition) is 4. The van der Waals surface area contributed by atoms with E-state index in [4.69, 9.17) is 11.6 Å². The number of amides is 2. The molecule has 0 atom stereocenters. The summed E-state index contributed by atoms with van der Waals surface area (Å²) in [5.74, 6) is 0.399. The number of halogens is 1. The van der Waals surface area contributed by atoms with Crippen LogP contribution in [0.4, 0.5) is 0 Å². The minimum atomic E-state index is -0.0176. The number of carbonyl (C=O) groups excluding carboxylic acids is 2. The Labute approximate surface area is 231 Å². The number of fused-ring (bicyclic) bond motifs is 1. The molecule has 2 amide bonds. The molecule has 0 unspecified atom stereocenters. The lowest BCUT2D eigenvalue weighted by Gasteiger charge is -2.37. The van der Waals surface area contributed by atoms with Crippen LogP contribution >= 0.6 is 22.9 Å². The van der Waals surface area contributed by atoms with Gasteiger partial charge < -0.3 is 10.2 Å². The topological polar surface area (TPSA) is 62.3 Å². The fraction of sp³-hybridized carbons (Fsp3) is 0.323. The number of thiophene rings is 1. The van der Waals surface area contributed by atoms with E-state index in [-0.39, 0.29) is 29.8 Å². The van der Waals surface area contributed by atoms with E-state index in [1.165, 1.54) is 11.3 Å². The lowest BCUT2D eigenvalue weighted by Crippen LogP contribution is -2.46. The van der Waals surface area contributed by atoms with Gasteiger partial charge in [0.25, 0.3) is 5.91 Å². The van der Waals surface area contributed by atoms with Crippen LogP contribution in [0, 0.1) is 5.92 Å². The summed E-state index contributed by atoms with van der Waals surface area (Å²) in [7, 11) is 0. The molecule has 0 radical (unpaired) electrons. The zero-order valence-electron chi connectivity index (χ0n) is 21.1. The molecular formula is C31H30ClN3O2S. The third-order valence-corrected chi connectivity index (χ3v) is 9.38. The summed E-state index contributed by atoms with van der Waals surface area (Å²) >= 11 is 8.24. The second kappa shape index (κ2) is 10.9. The molecule has 1 N–H and O–H groups in total. The average molecular weight is 544 g/mol. The molecule has 2 heterocycles. The van der Waals surface area contributed by atoms with E-state index in [0.29, 0.717) is 16.4 Å². The summed E-state index contributed by atoms with van der Waals surface area (Å²) in [6.07, 6.45) is 9.08. The van der Waals surface area contributed by atoms with Gasteiger partial charge in [0.05, 0.1) is 5.02 Å². The molecule has 2 aliphatic rings. The molecule has 194 valence electrons. The largest absolute Gasteiger partial charge is 0.353 e. The van der Waals surface area contributed by atoms with Crippen molar-refractivity contribution < 1.29 is 9.59 Å². The first kappa shape index (κ1) is 25.1. The summed E-state index contributed by atoms with van der Waals surface area (Å²) in [6.45, 7) is 0.506. The van der Waals surface area contributed by atoms with Crippen molar-refractivity contribution in [2.75, 3.05) is 0 Å². The van der Waals surface area contributed by atoms with Crippen LogP contribution in [0.2, 0.25) is 5.02 Å². The van der Waals surface area contributed by atoms with E-state index in [2.05, 4.69) is 28.5 Å². The summed E-state index contributed by atoms with van der Waals surface area (Å²) in [5, 5.41) is 4.70. The Kier molecular flexibility index (Phi) is 7.18. The van der Waals surface area contributed by atoms with Gasteiger partial charge in [0.1, 0.15) is 4.88 Å². The Morgan fingerprint density at radius 2 is 1.68 bits per heavy atom. The predicted molar refractivity (Wildman–Crippen MR) is 153 cm³/mol. The van der Waals surface area contributed by atoms with E-state index in [1.54, 1.807) is 12.4 Å². The third-order valence-electron chi connectivity index (χ3n) is 7.72. The van der Waals surface area contributed by atoms with Gasteiger partial charge in [0, 0.05) is 47.0 Å². The van der Waals surface area contributed by atoms with E-state index < -0.39 is 0 Å². The Bertz CT molecular complexity index is 1460. The van der Waals surface area contributed by atoms with Gasteiger partial charge in [-0.05, 0) is 79.5 Å². The predicted octanol–water partition coefficient (Wildman–Crippen LogP) is 7.10. The van der Waals surface area contributed by atoms with E-state index >= 15 is 0 Å². The fourth-order valence-corrected chi connectivity index (χ4v) is 6.90. The molecule has 38 heavy (non-hydrogen) atoms. The number of carbonyl (C=O) groups is 2. The number of rotatable bonds is 7. The second-order valence-electron chi connectivity index (χ2n) is 10.4. The summed E-state index contributed by atoms with van der Waals surface area (Å²) in [5.41, 5.74) is 3.27. The summed E-state index contributed by atoms with van der Waals surface area (Å²) in [6, 6.07) is 20.6. The zero-order valence-corrected chi connectivity index (χ0v) is 22.7. The van der Waals surface area contributed by atoms with Crippen LogP contribution in [0.1, 0.15) is 53.8 Å². The third kappa shape index (κ3) is 5.33. The SMILES string of the molecule is O=C(NC1CCC(N(Cc2cccc(-c3ccncc3)c2)C(=O)c2sc3ccccc3c2Cl)CC1)C1CC1. The van der Waals surface area contributed by atoms with Gasteiger partial charge in [-0.3, -0.25) is 14.6 Å². The molecule has 5 nitrogen and oxygen atoms in total. The molecule has 2 fully saturated rings. The first-order valence-electron chi connectivity index (χ1n) is 13.3. The van der Waals surface area contributed by atoms with Crippen LogP contribution in [-0.4, -0.2) is 33.8 Å². The number of nitrogens with zero attached hydrogens (tertiary/aromatic N) is 2. The zero-order chi connectivity index (χ0) is 26.1. The molecule has 0 aliphatic heterocycles. The molecule has 6 rings (SSSR count). The first-order chi connectivity index (χ1) is 18.6. The molecule has 2 aromatic heterocycles. The van der Waals surface area contributed by atoms with Gasteiger partial charge in [0.15, 0.2) is 0 Å². The van der Waals surface area contributed by atoms with Gasteiger partial charge in [0.2, 0.25) is 5.91 Å². The minimum absolute atomic E-state index is 0.0176. The highest BCUT2D eigenvalue weighted by Gasteiger charge is 2.35. The molecule has 0 spiro atoms. The average Bonchev–Trinajstić information content (AvgIpc) is 3.76. The maximum atomic E-state index is 14.1. The molecule has 0 saturated heterocycles. The lowest BCUT2D eigenvalue weighted by molar-refractivity contribution is -0.123. The van der Waals surface area contributed by atoms with Crippen LogP contribution < -0.4 is 5.32 Å². The van der Waals surface area contributed by atoms with Crippen molar-refractivity contribution in [2.24, 2.45) is 5.92 Å².